The van der Waals surface area contributed by atoms with Gasteiger partial charge in [0.05, 0.1) is 6.10 Å². The van der Waals surface area contributed by atoms with Crippen molar-refractivity contribution >= 4 is 0 Å². The average Bonchev–Trinajstić information content (AvgIpc) is 2.64. The number of β-amino-alcohol motifs (C(OH)–C–C–N with tert-alkyl or cyclic N) is 1. The number of hydrogen-bond donors (Lipinski definition) is 1. The molecule has 4 nitrogen and oxygen atoms in total. The molecule has 0 bridgehead atoms. The number of ether oxygens (including phenoxy) is 1. The second kappa shape index (κ2) is 8.94. The molecule has 1 saturated heterocycles. The summed E-state index contributed by atoms with van der Waals surface area (Å²) in [5, 5.41) is 10.3. The summed E-state index contributed by atoms with van der Waals surface area (Å²) in [5.74, 6) is 0.299. The molecule has 2 aromatic rings. The zero-order chi connectivity index (χ0) is 17.5. The lowest BCUT2D eigenvalue weighted by atomic mass is 10.1. The smallest absolute Gasteiger partial charge is 0.126 e. The normalized spacial score (nSPS) is 17.4. The van der Waals surface area contributed by atoms with Crippen molar-refractivity contribution in [3.63, 3.8) is 0 Å². The number of aliphatic hydroxyl groups is 1. The molecule has 0 radical (unpaired) electrons. The Kier molecular flexibility index (Phi) is 6.39. The van der Waals surface area contributed by atoms with Gasteiger partial charge < -0.3 is 9.84 Å². The van der Waals surface area contributed by atoms with Crippen molar-refractivity contribution in [3.05, 3.63) is 66.0 Å². The molecule has 1 aliphatic rings. The number of benzene rings is 2. The third-order valence-electron chi connectivity index (χ3n) is 4.55. The first-order chi connectivity index (χ1) is 12.2. The Hall–Kier alpha value is -1.95. The van der Waals surface area contributed by atoms with Crippen LogP contribution < -0.4 is 4.74 Å². The van der Waals surface area contributed by atoms with E-state index < -0.39 is 6.10 Å². The number of rotatable bonds is 7. The minimum atomic E-state index is -0.441. The van der Waals surface area contributed by atoms with Crippen molar-refractivity contribution in [2.24, 2.45) is 0 Å². The molecular weight excluding hydrogens is 319 g/mol. The van der Waals surface area contributed by atoms with E-state index in [-0.39, 0.29) is 5.82 Å². The second-order valence-corrected chi connectivity index (χ2v) is 6.37. The van der Waals surface area contributed by atoms with E-state index in [0.29, 0.717) is 18.9 Å². The van der Waals surface area contributed by atoms with Crippen molar-refractivity contribution < 1.29 is 14.2 Å². The Labute approximate surface area is 148 Å². The summed E-state index contributed by atoms with van der Waals surface area (Å²) in [5.41, 5.74) is 0.966. The fraction of sp³-hybridized carbons (Fsp3) is 0.400. The third kappa shape index (κ3) is 5.53. The van der Waals surface area contributed by atoms with Gasteiger partial charge in [0.15, 0.2) is 0 Å². The summed E-state index contributed by atoms with van der Waals surface area (Å²) < 4.78 is 18.7. The molecule has 0 amide bonds. The Morgan fingerprint density at radius 2 is 1.68 bits per heavy atom. The van der Waals surface area contributed by atoms with Crippen molar-refractivity contribution in [3.8, 4) is 5.75 Å². The minimum Gasteiger partial charge on any atom is -0.492 e. The molecule has 134 valence electrons. The highest BCUT2D eigenvalue weighted by Gasteiger charge is 2.19. The van der Waals surface area contributed by atoms with E-state index in [1.54, 1.807) is 12.1 Å². The summed E-state index contributed by atoms with van der Waals surface area (Å²) in [6, 6.07) is 16.0. The zero-order valence-corrected chi connectivity index (χ0v) is 14.4. The molecule has 0 aliphatic carbocycles. The summed E-state index contributed by atoms with van der Waals surface area (Å²) >= 11 is 0. The molecule has 1 atom stereocenters. The highest BCUT2D eigenvalue weighted by atomic mass is 19.1. The maximum absolute atomic E-state index is 13.1. The molecule has 0 saturated carbocycles. The van der Waals surface area contributed by atoms with Crippen molar-refractivity contribution in [1.29, 1.82) is 0 Å². The van der Waals surface area contributed by atoms with Crippen LogP contribution in [0.1, 0.15) is 11.7 Å². The van der Waals surface area contributed by atoms with Crippen LogP contribution in [0, 0.1) is 5.82 Å². The molecule has 0 spiro atoms. The molecule has 1 aliphatic heterocycles. The summed E-state index contributed by atoms with van der Waals surface area (Å²) in [6.07, 6.45) is -0.441. The van der Waals surface area contributed by atoms with E-state index in [4.69, 9.17) is 4.74 Å². The van der Waals surface area contributed by atoms with Gasteiger partial charge in [-0.05, 0) is 17.7 Å². The van der Waals surface area contributed by atoms with Gasteiger partial charge in [-0.15, -0.1) is 0 Å². The minimum absolute atomic E-state index is 0.275. The van der Waals surface area contributed by atoms with E-state index in [2.05, 4.69) is 9.80 Å². The van der Waals surface area contributed by atoms with Crippen molar-refractivity contribution in [2.45, 2.75) is 6.10 Å². The van der Waals surface area contributed by atoms with Gasteiger partial charge in [0, 0.05) is 45.3 Å². The van der Waals surface area contributed by atoms with Crippen LogP contribution >= 0.6 is 0 Å². The Morgan fingerprint density at radius 3 is 2.40 bits per heavy atom. The maximum Gasteiger partial charge on any atom is 0.126 e. The largest absolute Gasteiger partial charge is 0.492 e. The molecular formula is C20H25FN2O2. The van der Waals surface area contributed by atoms with Crippen LogP contribution in [0.4, 0.5) is 4.39 Å². The van der Waals surface area contributed by atoms with Gasteiger partial charge in [-0.25, -0.2) is 4.39 Å². The van der Waals surface area contributed by atoms with E-state index in [0.717, 1.165) is 38.3 Å². The highest BCUT2D eigenvalue weighted by Crippen LogP contribution is 2.15. The van der Waals surface area contributed by atoms with Crippen LogP contribution in [0.3, 0.4) is 0 Å². The van der Waals surface area contributed by atoms with E-state index in [1.165, 1.54) is 12.1 Å². The monoisotopic (exact) mass is 344 g/mol. The van der Waals surface area contributed by atoms with Crippen LogP contribution in [-0.4, -0.2) is 60.8 Å². The molecule has 3 rings (SSSR count). The summed E-state index contributed by atoms with van der Waals surface area (Å²) in [6.45, 7) is 5.81. The lowest BCUT2D eigenvalue weighted by Crippen LogP contribution is -2.48. The second-order valence-electron chi connectivity index (χ2n) is 6.37. The van der Waals surface area contributed by atoms with Gasteiger partial charge >= 0.3 is 0 Å². The van der Waals surface area contributed by atoms with Gasteiger partial charge in [-0.3, -0.25) is 9.80 Å². The summed E-state index contributed by atoms with van der Waals surface area (Å²) in [4.78, 5) is 4.63. The lowest BCUT2D eigenvalue weighted by Gasteiger charge is -2.35. The number of aliphatic hydroxyl groups excluding tert-OH is 1. The predicted molar refractivity (Wildman–Crippen MR) is 96.2 cm³/mol. The van der Waals surface area contributed by atoms with Crippen LogP contribution in [0.2, 0.25) is 0 Å². The zero-order valence-electron chi connectivity index (χ0n) is 14.4. The first-order valence-electron chi connectivity index (χ1n) is 8.77. The molecule has 1 unspecified atom stereocenters. The van der Waals surface area contributed by atoms with Crippen LogP contribution in [0.25, 0.3) is 0 Å². The van der Waals surface area contributed by atoms with Crippen molar-refractivity contribution in [1.82, 2.24) is 9.80 Å². The van der Waals surface area contributed by atoms with Crippen molar-refractivity contribution in [2.75, 3.05) is 45.9 Å². The van der Waals surface area contributed by atoms with Gasteiger partial charge in [-0.2, -0.15) is 0 Å². The van der Waals surface area contributed by atoms with Gasteiger partial charge in [0.1, 0.15) is 18.2 Å². The van der Waals surface area contributed by atoms with Gasteiger partial charge in [0.2, 0.25) is 0 Å². The lowest BCUT2D eigenvalue weighted by molar-refractivity contribution is 0.0676. The molecule has 1 heterocycles. The first kappa shape index (κ1) is 17.9. The Bertz CT molecular complexity index is 645. The first-order valence-corrected chi connectivity index (χ1v) is 8.77. The molecule has 25 heavy (non-hydrogen) atoms. The molecule has 5 heteroatoms. The van der Waals surface area contributed by atoms with E-state index >= 15 is 0 Å². The van der Waals surface area contributed by atoms with Crippen LogP contribution in [-0.2, 0) is 0 Å². The molecule has 1 fully saturated rings. The molecule has 1 N–H and O–H groups in total. The third-order valence-corrected chi connectivity index (χ3v) is 4.55. The maximum atomic E-state index is 13.1. The fourth-order valence-corrected chi connectivity index (χ4v) is 3.07. The standard InChI is InChI=1S/C20H25FN2O2/c21-18-7-4-8-19(15-18)25-14-13-22-9-11-23(12-10-22)16-20(24)17-5-2-1-3-6-17/h1-8,15,20,24H,9-14,16H2. The number of nitrogens with zero attached hydrogens (tertiary/aromatic N) is 2. The highest BCUT2D eigenvalue weighted by molar-refractivity contribution is 5.22. The molecule has 0 aromatic heterocycles. The summed E-state index contributed by atoms with van der Waals surface area (Å²) in [7, 11) is 0. The topological polar surface area (TPSA) is 35.9 Å². The van der Waals surface area contributed by atoms with E-state index in [1.807, 2.05) is 30.3 Å². The Morgan fingerprint density at radius 1 is 0.960 bits per heavy atom. The number of halogens is 1. The quantitative estimate of drug-likeness (QED) is 0.837. The van der Waals surface area contributed by atoms with Gasteiger partial charge in [-0.1, -0.05) is 36.4 Å². The predicted octanol–water partition coefficient (Wildman–Crippen LogP) is 2.56. The number of hydrogen-bond acceptors (Lipinski definition) is 4. The van der Waals surface area contributed by atoms with Crippen LogP contribution in [0.5, 0.6) is 5.75 Å². The SMILES string of the molecule is OC(CN1CCN(CCOc2cccc(F)c2)CC1)c1ccccc1. The van der Waals surface area contributed by atoms with Gasteiger partial charge in [0.25, 0.3) is 0 Å². The average molecular weight is 344 g/mol. The van der Waals surface area contributed by atoms with E-state index in [9.17, 15) is 9.50 Å². The number of piperazine rings is 1. The molecule has 2 aromatic carbocycles. The Balaban J connectivity index is 1.36. The fourth-order valence-electron chi connectivity index (χ4n) is 3.07. The van der Waals surface area contributed by atoms with Crippen LogP contribution in [0.15, 0.2) is 54.6 Å².